The normalized spacial score (nSPS) is 12.6. The Labute approximate surface area is 173 Å². The molecule has 7 nitrogen and oxygen atoms in total. The van der Waals surface area contributed by atoms with Gasteiger partial charge < -0.3 is 19.7 Å². The van der Waals surface area contributed by atoms with Gasteiger partial charge in [-0.1, -0.05) is 6.07 Å². The van der Waals surface area contributed by atoms with E-state index >= 15 is 0 Å². The van der Waals surface area contributed by atoms with Gasteiger partial charge in [0.25, 0.3) is 5.91 Å². The van der Waals surface area contributed by atoms with Crippen molar-refractivity contribution in [1.82, 2.24) is 4.90 Å². The Morgan fingerprint density at radius 2 is 2.00 bits per heavy atom. The predicted molar refractivity (Wildman–Crippen MR) is 111 cm³/mol. The fourth-order valence-corrected chi connectivity index (χ4v) is 4.30. The minimum Gasteiger partial charge on any atom is -0.497 e. The second-order valence-corrected chi connectivity index (χ2v) is 7.83. The maximum Gasteiger partial charge on any atom is 0.339 e. The van der Waals surface area contributed by atoms with Crippen LogP contribution < -0.4 is 10.1 Å². The molecule has 0 bridgehead atoms. The van der Waals surface area contributed by atoms with Crippen LogP contribution in [0.15, 0.2) is 29.6 Å². The molecule has 2 amide bonds. The lowest BCUT2D eigenvalue weighted by Gasteiger charge is -2.17. The summed E-state index contributed by atoms with van der Waals surface area (Å²) in [5.74, 6) is -0.655. The molecule has 0 unspecified atom stereocenters. The van der Waals surface area contributed by atoms with Crippen LogP contribution in [-0.2, 0) is 27.2 Å². The number of anilines is 1. The van der Waals surface area contributed by atoms with E-state index < -0.39 is 18.5 Å². The van der Waals surface area contributed by atoms with Crippen LogP contribution in [-0.4, -0.2) is 50.0 Å². The highest BCUT2D eigenvalue weighted by Gasteiger charge is 2.22. The third kappa shape index (κ3) is 5.35. The number of methoxy groups -OCH3 is 1. The molecule has 0 saturated carbocycles. The molecule has 3 rings (SSSR count). The molecule has 1 N–H and O–H groups in total. The molecule has 1 aliphatic carbocycles. The molecule has 2 aromatic rings. The summed E-state index contributed by atoms with van der Waals surface area (Å²) in [6.45, 7) is -0.548. The molecule has 0 radical (unpaired) electrons. The highest BCUT2D eigenvalue weighted by Crippen LogP contribution is 2.30. The topological polar surface area (TPSA) is 84.9 Å². The van der Waals surface area contributed by atoms with Crippen molar-refractivity contribution in [2.45, 2.75) is 25.7 Å². The second kappa shape index (κ2) is 9.56. The van der Waals surface area contributed by atoms with Crippen LogP contribution in [0.1, 0.15) is 33.6 Å². The van der Waals surface area contributed by atoms with Crippen LogP contribution in [0.25, 0.3) is 0 Å². The molecule has 8 heteroatoms. The number of ether oxygens (including phenoxy) is 2. The summed E-state index contributed by atoms with van der Waals surface area (Å²) in [4.78, 5) is 39.2. The first-order valence-electron chi connectivity index (χ1n) is 9.42. The Hall–Kier alpha value is -2.87. The summed E-state index contributed by atoms with van der Waals surface area (Å²) in [6, 6.07) is 6.94. The minimum atomic E-state index is -0.480. The first-order valence-corrected chi connectivity index (χ1v) is 10.3. The summed E-state index contributed by atoms with van der Waals surface area (Å²) in [5.41, 5.74) is 2.20. The summed E-state index contributed by atoms with van der Waals surface area (Å²) in [7, 11) is 3.04. The maximum absolute atomic E-state index is 12.4. The van der Waals surface area contributed by atoms with E-state index in [2.05, 4.69) is 5.32 Å². The number of esters is 1. The van der Waals surface area contributed by atoms with Gasteiger partial charge in [-0.3, -0.25) is 9.59 Å². The van der Waals surface area contributed by atoms with E-state index in [0.717, 1.165) is 31.2 Å². The van der Waals surface area contributed by atoms with Gasteiger partial charge in [-0.05, 0) is 43.4 Å². The lowest BCUT2D eigenvalue weighted by Crippen LogP contribution is -2.37. The summed E-state index contributed by atoms with van der Waals surface area (Å²) in [6.07, 6.45) is 4.08. The van der Waals surface area contributed by atoms with Gasteiger partial charge in [-0.2, -0.15) is 0 Å². The largest absolute Gasteiger partial charge is 0.497 e. The van der Waals surface area contributed by atoms with E-state index in [4.69, 9.17) is 9.47 Å². The number of likely N-dealkylation sites (N-methyl/N-ethyl adjacent to an activating group) is 1. The zero-order valence-electron chi connectivity index (χ0n) is 16.5. The second-order valence-electron chi connectivity index (χ2n) is 6.86. The number of hydrogen-bond acceptors (Lipinski definition) is 6. The zero-order valence-corrected chi connectivity index (χ0v) is 17.3. The molecule has 1 heterocycles. The molecule has 0 atom stereocenters. The third-order valence-corrected chi connectivity index (χ3v) is 5.86. The maximum atomic E-state index is 12.4. The van der Waals surface area contributed by atoms with Crippen LogP contribution in [0, 0.1) is 0 Å². The van der Waals surface area contributed by atoms with Crippen LogP contribution in [0.4, 0.5) is 5.69 Å². The van der Waals surface area contributed by atoms with E-state index in [1.807, 2.05) is 5.38 Å². The van der Waals surface area contributed by atoms with Crippen molar-refractivity contribution in [3.05, 3.63) is 45.6 Å². The first-order chi connectivity index (χ1) is 14.0. The van der Waals surface area contributed by atoms with Crippen LogP contribution in [0.2, 0.25) is 0 Å². The molecular formula is C21H24N2O5S. The molecule has 0 saturated heterocycles. The number of benzene rings is 1. The number of thiophene rings is 1. The smallest absolute Gasteiger partial charge is 0.339 e. The molecule has 1 aromatic heterocycles. The van der Waals surface area contributed by atoms with Crippen molar-refractivity contribution in [3.8, 4) is 5.75 Å². The van der Waals surface area contributed by atoms with Gasteiger partial charge >= 0.3 is 5.97 Å². The molecule has 0 aliphatic heterocycles. The first kappa shape index (κ1) is 20.9. The van der Waals surface area contributed by atoms with Gasteiger partial charge in [0.05, 0.1) is 19.2 Å². The average Bonchev–Trinajstić information content (AvgIpc) is 3.16. The SMILES string of the molecule is COc1cccc(NC(=O)CN(C)C(=O)COC(=O)c2csc3c2CCCC3)c1. The van der Waals surface area contributed by atoms with Crippen molar-refractivity contribution in [3.63, 3.8) is 0 Å². The number of fused-ring (bicyclic) bond motifs is 1. The van der Waals surface area contributed by atoms with Crippen molar-refractivity contribution in [2.75, 3.05) is 32.6 Å². The number of nitrogens with one attached hydrogen (secondary N) is 1. The lowest BCUT2D eigenvalue weighted by molar-refractivity contribution is -0.136. The standard InChI is InChI=1S/C21H24N2O5S/c1-23(11-19(24)22-14-6-5-7-15(10-14)27-2)20(25)12-28-21(26)17-13-29-18-9-4-3-8-16(17)18/h5-7,10,13H,3-4,8-9,11-12H2,1-2H3,(H,22,24). The van der Waals surface area contributed by atoms with E-state index in [0.29, 0.717) is 17.0 Å². The fourth-order valence-electron chi connectivity index (χ4n) is 3.19. The van der Waals surface area contributed by atoms with Crippen LogP contribution >= 0.6 is 11.3 Å². The lowest BCUT2D eigenvalue weighted by atomic mass is 9.96. The monoisotopic (exact) mass is 416 g/mol. The number of nitrogens with zero attached hydrogens (tertiary/aromatic N) is 1. The summed E-state index contributed by atoms with van der Waals surface area (Å²) in [5, 5.41) is 4.52. The Bertz CT molecular complexity index is 908. The van der Waals surface area contributed by atoms with Gasteiger partial charge in [0.2, 0.25) is 5.91 Å². The summed E-state index contributed by atoms with van der Waals surface area (Å²) >= 11 is 1.57. The van der Waals surface area contributed by atoms with Gasteiger partial charge in [-0.15, -0.1) is 11.3 Å². The number of aryl methyl sites for hydroxylation is 1. The Balaban J connectivity index is 1.48. The highest BCUT2D eigenvalue weighted by molar-refractivity contribution is 7.10. The molecule has 0 fully saturated rings. The molecule has 154 valence electrons. The minimum absolute atomic E-state index is 0.151. The number of hydrogen-bond donors (Lipinski definition) is 1. The van der Waals surface area contributed by atoms with Crippen molar-refractivity contribution in [1.29, 1.82) is 0 Å². The van der Waals surface area contributed by atoms with Gasteiger partial charge in [0.15, 0.2) is 6.61 Å². The van der Waals surface area contributed by atoms with Gasteiger partial charge in [0, 0.05) is 29.1 Å². The number of rotatable bonds is 7. The van der Waals surface area contributed by atoms with Gasteiger partial charge in [-0.25, -0.2) is 4.79 Å². The highest BCUT2D eigenvalue weighted by atomic mass is 32.1. The van der Waals surface area contributed by atoms with Crippen molar-refractivity contribution < 1.29 is 23.9 Å². The van der Waals surface area contributed by atoms with E-state index in [1.54, 1.807) is 42.7 Å². The number of carbonyl (C=O) groups is 3. The predicted octanol–water partition coefficient (Wildman–Crippen LogP) is 2.89. The van der Waals surface area contributed by atoms with Crippen molar-refractivity contribution in [2.24, 2.45) is 0 Å². The van der Waals surface area contributed by atoms with E-state index in [1.165, 1.54) is 16.8 Å². The molecule has 1 aromatic carbocycles. The Kier molecular flexibility index (Phi) is 6.87. The molecule has 1 aliphatic rings. The molecular weight excluding hydrogens is 392 g/mol. The fraction of sp³-hybridized carbons (Fsp3) is 0.381. The number of amides is 2. The molecule has 29 heavy (non-hydrogen) atoms. The summed E-state index contributed by atoms with van der Waals surface area (Å²) < 4.78 is 10.3. The van der Waals surface area contributed by atoms with E-state index in [-0.39, 0.29) is 12.5 Å². The van der Waals surface area contributed by atoms with Crippen LogP contribution in [0.5, 0.6) is 5.75 Å². The third-order valence-electron chi connectivity index (χ3n) is 4.77. The quantitative estimate of drug-likeness (QED) is 0.702. The van der Waals surface area contributed by atoms with Gasteiger partial charge in [0.1, 0.15) is 5.75 Å². The number of carbonyl (C=O) groups excluding carboxylic acids is 3. The Morgan fingerprint density at radius 3 is 2.79 bits per heavy atom. The average molecular weight is 416 g/mol. The molecule has 0 spiro atoms. The Morgan fingerprint density at radius 1 is 1.21 bits per heavy atom. The zero-order chi connectivity index (χ0) is 20.8. The van der Waals surface area contributed by atoms with Crippen molar-refractivity contribution >= 4 is 34.8 Å². The van der Waals surface area contributed by atoms with E-state index in [9.17, 15) is 14.4 Å². The van der Waals surface area contributed by atoms with Crippen LogP contribution in [0.3, 0.4) is 0 Å².